The molecule has 242 valence electrons. The zero-order valence-corrected chi connectivity index (χ0v) is 25.3. The van der Waals surface area contributed by atoms with Crippen LogP contribution in [-0.4, -0.2) is 36.1 Å². The van der Waals surface area contributed by atoms with Crippen LogP contribution in [0.2, 0.25) is 0 Å². The molecule has 4 saturated carbocycles. The molecule has 8 atom stereocenters. The highest BCUT2D eigenvalue weighted by molar-refractivity contribution is 7.80. The van der Waals surface area contributed by atoms with Crippen LogP contribution in [0.25, 0.3) is 0 Å². The topological polar surface area (TPSA) is 103 Å². The van der Waals surface area contributed by atoms with Gasteiger partial charge in [-0.1, -0.05) is 19.9 Å². The Hall–Kier alpha value is -2.64. The molecular formula is C31H36F5NO6S. The van der Waals surface area contributed by atoms with Crippen molar-refractivity contribution < 1.29 is 48.6 Å². The normalized spacial score (nSPS) is 34.5. The molecule has 0 aliphatic heterocycles. The zero-order valence-electron chi connectivity index (χ0n) is 24.4. The van der Waals surface area contributed by atoms with E-state index in [9.17, 15) is 35.2 Å². The first-order valence-electron chi connectivity index (χ1n) is 14.9. The van der Waals surface area contributed by atoms with Gasteiger partial charge in [0.1, 0.15) is 11.7 Å². The van der Waals surface area contributed by atoms with Crippen molar-refractivity contribution in [1.82, 2.24) is 4.98 Å². The lowest BCUT2D eigenvalue weighted by Gasteiger charge is -2.60. The number of hydrogen-bond donors (Lipinski definition) is 1. The van der Waals surface area contributed by atoms with Crippen LogP contribution in [0.1, 0.15) is 82.0 Å². The minimum Gasteiger partial charge on any atom is -0.458 e. The van der Waals surface area contributed by atoms with E-state index in [4.69, 9.17) is 13.5 Å². The fraction of sp³-hybridized carbons (Fsp3) is 0.613. The molecule has 4 fully saturated rings. The monoisotopic (exact) mass is 645 g/mol. The Kier molecular flexibility index (Phi) is 9.14. The lowest BCUT2D eigenvalue weighted by molar-refractivity contribution is -0.132. The van der Waals surface area contributed by atoms with Gasteiger partial charge in [-0.15, -0.1) is 0 Å². The van der Waals surface area contributed by atoms with Gasteiger partial charge in [-0.3, -0.25) is 9.54 Å². The van der Waals surface area contributed by atoms with Gasteiger partial charge in [-0.25, -0.2) is 30.9 Å². The molecule has 0 saturated heterocycles. The Morgan fingerprint density at radius 1 is 0.818 bits per heavy atom. The van der Waals surface area contributed by atoms with E-state index in [-0.39, 0.29) is 17.3 Å². The molecule has 0 amide bonds. The second kappa shape index (κ2) is 12.3. The van der Waals surface area contributed by atoms with Crippen LogP contribution in [0, 0.1) is 63.6 Å². The molecule has 1 aromatic carbocycles. The highest BCUT2D eigenvalue weighted by atomic mass is 32.3. The summed E-state index contributed by atoms with van der Waals surface area (Å²) in [5.41, 5.74) is -2.12. The first-order valence-corrected chi connectivity index (χ1v) is 16.3. The van der Waals surface area contributed by atoms with E-state index in [0.29, 0.717) is 43.9 Å². The van der Waals surface area contributed by atoms with Crippen molar-refractivity contribution >= 4 is 16.4 Å². The number of esters is 1. The number of fused-ring (bicyclic) bond motifs is 5. The lowest BCUT2D eigenvalue weighted by Crippen LogP contribution is -2.55. The van der Waals surface area contributed by atoms with Crippen molar-refractivity contribution in [1.29, 1.82) is 0 Å². The second-order valence-electron chi connectivity index (χ2n) is 13.1. The number of rotatable bonds is 4. The van der Waals surface area contributed by atoms with E-state index < -0.39 is 68.6 Å². The van der Waals surface area contributed by atoms with Gasteiger partial charge in [0.15, 0.2) is 23.3 Å². The Bertz CT molecular complexity index is 1440. The fourth-order valence-corrected chi connectivity index (χ4v) is 9.43. The number of aromatic nitrogens is 1. The van der Waals surface area contributed by atoms with Crippen LogP contribution in [0.15, 0.2) is 30.6 Å². The molecule has 0 unspecified atom stereocenters. The van der Waals surface area contributed by atoms with E-state index in [1.54, 1.807) is 12.4 Å². The van der Waals surface area contributed by atoms with E-state index >= 15 is 0 Å². The predicted octanol–water partition coefficient (Wildman–Crippen LogP) is 7.22. The zero-order chi connectivity index (χ0) is 32.0. The van der Waals surface area contributed by atoms with Gasteiger partial charge >= 0.3 is 16.4 Å². The standard InChI is InChI=1S/C26H31F5O6S.C5H5N/c1-25-9-7-13(37-38(33,34)35)11-12(25)3-4-14-15-5-6-17(26(15,2)10-8-16(14)25)36-24(32)18-19(27)21(29)23(31)22(30)20(18)28;1-2-4-6-5-3-1/h12-17H,3-11H2,1-2H3,(H,33,34,35);1-5H/t12-,13-,14+,15+,16+,17-,25+,26+;/m1./s1. The van der Waals surface area contributed by atoms with Crippen LogP contribution in [-0.2, 0) is 19.3 Å². The molecule has 4 aliphatic carbocycles. The van der Waals surface area contributed by atoms with Crippen molar-refractivity contribution in [3.8, 4) is 0 Å². The maximum Gasteiger partial charge on any atom is 0.397 e. The number of halogens is 5. The summed E-state index contributed by atoms with van der Waals surface area (Å²) in [5.74, 6) is -11.6. The van der Waals surface area contributed by atoms with Crippen molar-refractivity contribution in [2.45, 2.75) is 83.8 Å². The van der Waals surface area contributed by atoms with Crippen molar-refractivity contribution in [3.63, 3.8) is 0 Å². The summed E-state index contributed by atoms with van der Waals surface area (Å²) in [5, 5.41) is 0. The quantitative estimate of drug-likeness (QED) is 0.123. The summed E-state index contributed by atoms with van der Waals surface area (Å²) < 4.78 is 111. The fourth-order valence-electron chi connectivity index (χ4n) is 8.91. The molecule has 2 aromatic rings. The number of pyridine rings is 1. The minimum atomic E-state index is -4.52. The number of carbonyl (C=O) groups excluding carboxylic acids is 1. The molecular weight excluding hydrogens is 609 g/mol. The summed E-state index contributed by atoms with van der Waals surface area (Å²) in [6.07, 6.45) is 8.38. The van der Waals surface area contributed by atoms with E-state index in [0.717, 1.165) is 25.7 Å². The van der Waals surface area contributed by atoms with Crippen LogP contribution in [0.4, 0.5) is 22.0 Å². The van der Waals surface area contributed by atoms with Gasteiger partial charge in [0.25, 0.3) is 0 Å². The number of nitrogens with zero attached hydrogens (tertiary/aromatic N) is 1. The van der Waals surface area contributed by atoms with Gasteiger partial charge in [0.05, 0.1) is 6.10 Å². The summed E-state index contributed by atoms with van der Waals surface area (Å²) in [6.45, 7) is 4.21. The average molecular weight is 646 g/mol. The predicted molar refractivity (Wildman–Crippen MR) is 148 cm³/mol. The summed E-state index contributed by atoms with van der Waals surface area (Å²) in [4.78, 5) is 16.5. The van der Waals surface area contributed by atoms with Crippen LogP contribution in [0.3, 0.4) is 0 Å². The lowest BCUT2D eigenvalue weighted by atomic mass is 9.45. The molecule has 13 heteroatoms. The van der Waals surface area contributed by atoms with Crippen molar-refractivity contribution in [2.24, 2.45) is 34.5 Å². The first-order chi connectivity index (χ1) is 20.7. The number of benzene rings is 1. The van der Waals surface area contributed by atoms with Gasteiger partial charge in [0.2, 0.25) is 5.82 Å². The van der Waals surface area contributed by atoms with E-state index in [1.165, 1.54) is 0 Å². The SMILES string of the molecule is C[C@]12CC[C@@H](OS(=O)(=O)O)C[C@H]1CC[C@@H]1[C@@H]2CC[C@]2(C)[C@H](OC(=O)c3c(F)c(F)c(F)c(F)c3F)CC[C@@H]12.c1ccncc1. The van der Waals surface area contributed by atoms with E-state index in [1.807, 2.05) is 25.1 Å². The van der Waals surface area contributed by atoms with Crippen LogP contribution < -0.4 is 0 Å². The molecule has 0 bridgehead atoms. The molecule has 0 radical (unpaired) electrons. The molecule has 1 N–H and O–H groups in total. The molecule has 1 aromatic heterocycles. The van der Waals surface area contributed by atoms with Crippen molar-refractivity contribution in [2.75, 3.05) is 0 Å². The maximum absolute atomic E-state index is 14.2. The third kappa shape index (κ3) is 5.99. The van der Waals surface area contributed by atoms with Gasteiger partial charge in [-0.05, 0) is 99.0 Å². The first kappa shape index (κ1) is 32.7. The Morgan fingerprint density at radius 3 is 1.98 bits per heavy atom. The Balaban J connectivity index is 0.000000573. The van der Waals surface area contributed by atoms with Crippen LogP contribution >= 0.6 is 0 Å². The molecule has 7 nitrogen and oxygen atoms in total. The summed E-state index contributed by atoms with van der Waals surface area (Å²) in [6, 6.07) is 5.72. The Labute approximate surface area is 253 Å². The Morgan fingerprint density at radius 2 is 1.41 bits per heavy atom. The molecule has 0 spiro atoms. The van der Waals surface area contributed by atoms with Crippen LogP contribution in [0.5, 0.6) is 0 Å². The minimum absolute atomic E-state index is 0.0481. The highest BCUT2D eigenvalue weighted by Crippen LogP contribution is 2.66. The summed E-state index contributed by atoms with van der Waals surface area (Å²) in [7, 11) is -4.52. The molecule has 1 heterocycles. The third-order valence-electron chi connectivity index (χ3n) is 11.0. The van der Waals surface area contributed by atoms with Crippen molar-refractivity contribution in [3.05, 3.63) is 65.2 Å². The molecule has 6 rings (SSSR count). The number of carbonyl (C=O) groups is 1. The highest BCUT2D eigenvalue weighted by Gasteiger charge is 2.61. The largest absolute Gasteiger partial charge is 0.458 e. The van der Waals surface area contributed by atoms with Gasteiger partial charge in [0, 0.05) is 17.8 Å². The number of hydrogen-bond acceptors (Lipinski definition) is 6. The smallest absolute Gasteiger partial charge is 0.397 e. The van der Waals surface area contributed by atoms with Gasteiger partial charge in [-0.2, -0.15) is 8.42 Å². The summed E-state index contributed by atoms with van der Waals surface area (Å²) >= 11 is 0. The molecule has 4 aliphatic rings. The average Bonchev–Trinajstić information content (AvgIpc) is 3.31. The van der Waals surface area contributed by atoms with E-state index in [2.05, 4.69) is 11.9 Å². The third-order valence-corrected chi connectivity index (χ3v) is 11.5. The maximum atomic E-state index is 14.2. The second-order valence-corrected chi connectivity index (χ2v) is 14.1. The number of ether oxygens (including phenoxy) is 1. The molecule has 44 heavy (non-hydrogen) atoms. The van der Waals surface area contributed by atoms with Gasteiger partial charge < -0.3 is 4.74 Å².